The number of Topliss-reactive ketones (excluding diaryl/α,β-unsaturated/α-hetero) is 1. The first-order valence-electron chi connectivity index (χ1n) is 7.30. The highest BCUT2D eigenvalue weighted by Crippen LogP contribution is 2.26. The number of carbonyl (C=O) groups is 3. The van der Waals surface area contributed by atoms with Crippen LogP contribution in [0.1, 0.15) is 29.1 Å². The molecular weight excluding hydrogens is 328 g/mol. The van der Waals surface area contributed by atoms with Gasteiger partial charge in [-0.3, -0.25) is 14.4 Å². The van der Waals surface area contributed by atoms with Crippen LogP contribution in [0.15, 0.2) is 35.7 Å². The van der Waals surface area contributed by atoms with Gasteiger partial charge in [-0.05, 0) is 36.6 Å². The Labute approximate surface area is 143 Å². The number of benzene rings is 1. The molecule has 2 N–H and O–H groups in total. The molecule has 1 aromatic carbocycles. The molecule has 0 unspecified atom stereocenters. The van der Waals surface area contributed by atoms with Crippen LogP contribution in [-0.4, -0.2) is 24.2 Å². The third-order valence-electron chi connectivity index (χ3n) is 3.10. The van der Waals surface area contributed by atoms with Crippen molar-refractivity contribution in [3.63, 3.8) is 0 Å². The van der Waals surface area contributed by atoms with Gasteiger partial charge in [-0.25, -0.2) is 0 Å². The summed E-state index contributed by atoms with van der Waals surface area (Å²) in [7, 11) is 0. The Balaban J connectivity index is 2.00. The number of nitrogens with one attached hydrogen (secondary N) is 2. The molecule has 0 atom stereocenters. The second-order valence-corrected chi connectivity index (χ2v) is 6.13. The van der Waals surface area contributed by atoms with Crippen molar-refractivity contribution in [1.82, 2.24) is 5.32 Å². The van der Waals surface area contributed by atoms with Crippen LogP contribution in [0.3, 0.4) is 0 Å². The monoisotopic (exact) mass is 346 g/mol. The fourth-order valence-electron chi connectivity index (χ4n) is 1.95. The van der Waals surface area contributed by atoms with E-state index < -0.39 is 0 Å². The van der Waals surface area contributed by atoms with Crippen molar-refractivity contribution in [1.29, 1.82) is 0 Å². The number of rotatable bonds is 7. The minimum absolute atomic E-state index is 0.128. The van der Waals surface area contributed by atoms with Gasteiger partial charge in [0.15, 0.2) is 12.4 Å². The minimum atomic E-state index is -0.287. The molecule has 0 saturated heterocycles. The summed E-state index contributed by atoms with van der Waals surface area (Å²) in [5.41, 5.74) is 0.858. The predicted octanol–water partition coefficient (Wildman–Crippen LogP) is 2.60. The summed E-state index contributed by atoms with van der Waals surface area (Å²) in [5, 5.41) is 7.29. The van der Waals surface area contributed by atoms with Crippen LogP contribution in [0.4, 0.5) is 5.69 Å². The average molecular weight is 346 g/mol. The lowest BCUT2D eigenvalue weighted by atomic mass is 10.1. The molecule has 1 aromatic heterocycles. The molecule has 2 rings (SSSR count). The van der Waals surface area contributed by atoms with Crippen LogP contribution in [0, 0.1) is 0 Å². The van der Waals surface area contributed by atoms with E-state index in [-0.39, 0.29) is 30.0 Å². The first kappa shape index (κ1) is 17.7. The van der Waals surface area contributed by atoms with Crippen molar-refractivity contribution in [2.45, 2.75) is 20.4 Å². The second kappa shape index (κ2) is 8.26. The normalized spacial score (nSPS) is 10.1. The summed E-state index contributed by atoms with van der Waals surface area (Å²) in [6, 6.07) is 8.53. The van der Waals surface area contributed by atoms with E-state index in [9.17, 15) is 14.4 Å². The average Bonchev–Trinajstić information content (AvgIpc) is 3.04. The summed E-state index contributed by atoms with van der Waals surface area (Å²) in [6.45, 7) is 3.03. The van der Waals surface area contributed by atoms with Gasteiger partial charge in [0.25, 0.3) is 5.91 Å². The van der Waals surface area contributed by atoms with E-state index in [0.717, 1.165) is 4.88 Å². The number of amides is 2. The molecule has 2 aromatic rings. The fraction of sp³-hybridized carbons (Fsp3) is 0.235. The molecule has 0 radical (unpaired) electrons. The number of thiophene rings is 1. The van der Waals surface area contributed by atoms with E-state index in [1.165, 1.54) is 19.9 Å². The zero-order valence-electron chi connectivity index (χ0n) is 13.4. The Morgan fingerprint density at radius 3 is 2.58 bits per heavy atom. The van der Waals surface area contributed by atoms with Crippen LogP contribution >= 0.6 is 11.3 Å². The van der Waals surface area contributed by atoms with E-state index in [4.69, 9.17) is 4.74 Å². The second-order valence-electron chi connectivity index (χ2n) is 5.09. The lowest BCUT2D eigenvalue weighted by Crippen LogP contribution is -2.28. The molecule has 0 aliphatic rings. The van der Waals surface area contributed by atoms with Crippen molar-refractivity contribution in [3.8, 4) is 5.75 Å². The SMILES string of the molecule is CC(=O)Nc1ccc(C(C)=O)cc1OCC(=O)NCc1cccs1. The Morgan fingerprint density at radius 1 is 1.17 bits per heavy atom. The molecule has 0 aliphatic carbocycles. The van der Waals surface area contributed by atoms with Crippen molar-refractivity contribution >= 4 is 34.6 Å². The quantitative estimate of drug-likeness (QED) is 0.755. The van der Waals surface area contributed by atoms with Crippen LogP contribution < -0.4 is 15.4 Å². The molecule has 0 saturated carbocycles. The topological polar surface area (TPSA) is 84.5 Å². The van der Waals surface area contributed by atoms with E-state index in [1.807, 2.05) is 17.5 Å². The van der Waals surface area contributed by atoms with Crippen molar-refractivity contribution < 1.29 is 19.1 Å². The predicted molar refractivity (Wildman–Crippen MR) is 92.4 cm³/mol. The largest absolute Gasteiger partial charge is 0.482 e. The summed E-state index contributed by atoms with van der Waals surface area (Å²) in [4.78, 5) is 35.6. The minimum Gasteiger partial charge on any atom is -0.482 e. The van der Waals surface area contributed by atoms with E-state index in [1.54, 1.807) is 23.5 Å². The smallest absolute Gasteiger partial charge is 0.258 e. The summed E-state index contributed by atoms with van der Waals surface area (Å²) >= 11 is 1.55. The van der Waals surface area contributed by atoms with Crippen LogP contribution in [0.25, 0.3) is 0 Å². The van der Waals surface area contributed by atoms with Crippen LogP contribution in [0.2, 0.25) is 0 Å². The molecular formula is C17H18N2O4S. The van der Waals surface area contributed by atoms with Gasteiger partial charge in [0.2, 0.25) is 5.91 Å². The Bertz CT molecular complexity index is 741. The molecule has 2 amide bonds. The van der Waals surface area contributed by atoms with Crippen LogP contribution in [-0.2, 0) is 16.1 Å². The summed E-state index contributed by atoms with van der Waals surface area (Å²) in [6.07, 6.45) is 0. The van der Waals surface area contributed by atoms with Gasteiger partial charge in [-0.15, -0.1) is 11.3 Å². The molecule has 0 aliphatic heterocycles. The lowest BCUT2D eigenvalue weighted by molar-refractivity contribution is -0.123. The Hall–Kier alpha value is -2.67. The molecule has 6 nitrogen and oxygen atoms in total. The molecule has 1 heterocycles. The number of ketones is 1. The maximum Gasteiger partial charge on any atom is 0.258 e. The molecule has 126 valence electrons. The molecule has 0 fully saturated rings. The molecule has 7 heteroatoms. The number of carbonyl (C=O) groups excluding carboxylic acids is 3. The third kappa shape index (κ3) is 5.20. The zero-order valence-corrected chi connectivity index (χ0v) is 14.2. The maximum absolute atomic E-state index is 11.9. The van der Waals surface area contributed by atoms with Gasteiger partial charge in [0.05, 0.1) is 12.2 Å². The highest BCUT2D eigenvalue weighted by Gasteiger charge is 2.11. The fourth-order valence-corrected chi connectivity index (χ4v) is 2.59. The van der Waals surface area contributed by atoms with Crippen molar-refractivity contribution in [2.75, 3.05) is 11.9 Å². The van der Waals surface area contributed by atoms with Crippen molar-refractivity contribution in [2.24, 2.45) is 0 Å². The third-order valence-corrected chi connectivity index (χ3v) is 3.97. The number of hydrogen-bond acceptors (Lipinski definition) is 5. The molecule has 0 spiro atoms. The van der Waals surface area contributed by atoms with Gasteiger partial charge in [-0.1, -0.05) is 6.07 Å². The Morgan fingerprint density at radius 2 is 1.96 bits per heavy atom. The highest BCUT2D eigenvalue weighted by atomic mass is 32.1. The van der Waals surface area contributed by atoms with E-state index in [0.29, 0.717) is 17.8 Å². The van der Waals surface area contributed by atoms with Crippen molar-refractivity contribution in [3.05, 3.63) is 46.2 Å². The number of anilines is 1. The summed E-state index contributed by atoms with van der Waals surface area (Å²) in [5.74, 6) is -0.400. The number of hydrogen-bond donors (Lipinski definition) is 2. The van der Waals surface area contributed by atoms with Gasteiger partial charge in [0.1, 0.15) is 5.75 Å². The van der Waals surface area contributed by atoms with Gasteiger partial charge in [0, 0.05) is 17.4 Å². The number of ether oxygens (including phenoxy) is 1. The summed E-state index contributed by atoms with van der Waals surface area (Å²) < 4.78 is 5.48. The highest BCUT2D eigenvalue weighted by molar-refractivity contribution is 7.09. The maximum atomic E-state index is 11.9. The first-order chi connectivity index (χ1) is 11.5. The van der Waals surface area contributed by atoms with Crippen LogP contribution in [0.5, 0.6) is 5.75 Å². The van der Waals surface area contributed by atoms with Gasteiger partial charge < -0.3 is 15.4 Å². The van der Waals surface area contributed by atoms with Gasteiger partial charge in [-0.2, -0.15) is 0 Å². The van der Waals surface area contributed by atoms with E-state index in [2.05, 4.69) is 10.6 Å². The van der Waals surface area contributed by atoms with Gasteiger partial charge >= 0.3 is 0 Å². The first-order valence-corrected chi connectivity index (χ1v) is 8.18. The standard InChI is InChI=1S/C17H18N2O4S/c1-11(20)13-5-6-15(19-12(2)21)16(8-13)23-10-17(22)18-9-14-4-3-7-24-14/h3-8H,9-10H2,1-2H3,(H,18,22)(H,19,21). The molecule has 0 bridgehead atoms. The zero-order chi connectivity index (χ0) is 17.5. The lowest BCUT2D eigenvalue weighted by Gasteiger charge is -2.13. The Kier molecular flexibility index (Phi) is 6.08. The molecule has 24 heavy (non-hydrogen) atoms. The van der Waals surface area contributed by atoms with E-state index >= 15 is 0 Å².